The summed E-state index contributed by atoms with van der Waals surface area (Å²) in [5, 5.41) is 3.81. The number of hydrogen-bond donors (Lipinski definition) is 1. The van der Waals surface area contributed by atoms with Crippen molar-refractivity contribution >= 4 is 5.69 Å². The van der Waals surface area contributed by atoms with Crippen LogP contribution in [0.15, 0.2) is 54.6 Å². The molecule has 2 aromatic rings. The summed E-state index contributed by atoms with van der Waals surface area (Å²) in [5.41, 5.74) is 3.98. The summed E-state index contributed by atoms with van der Waals surface area (Å²) in [6.07, 6.45) is 6.85. The molecule has 1 heteroatoms. The van der Waals surface area contributed by atoms with Crippen LogP contribution in [0.2, 0.25) is 0 Å². The average molecular weight is 279 g/mol. The molecule has 1 nitrogen and oxygen atoms in total. The standard InChI is InChI=1S/C20H25N/c1-16-9-8-14-19(15-16)21-20(17-10-4-2-5-11-17)18-12-6-3-7-13-18/h2,4-5,8-11,14-15,18,20-21H,3,6-7,12-13H2,1H3. The van der Waals surface area contributed by atoms with Gasteiger partial charge >= 0.3 is 0 Å². The minimum Gasteiger partial charge on any atom is -0.378 e. The van der Waals surface area contributed by atoms with Gasteiger partial charge in [-0.05, 0) is 48.9 Å². The summed E-state index contributed by atoms with van der Waals surface area (Å²) >= 11 is 0. The Bertz CT molecular complexity index is 555. The second-order valence-corrected chi connectivity index (χ2v) is 6.30. The predicted octanol–water partition coefficient (Wildman–Crippen LogP) is 5.73. The van der Waals surface area contributed by atoms with Gasteiger partial charge in [-0.15, -0.1) is 0 Å². The van der Waals surface area contributed by atoms with E-state index in [0.717, 1.165) is 5.92 Å². The van der Waals surface area contributed by atoms with Crippen molar-refractivity contribution in [2.45, 2.75) is 45.1 Å². The number of benzene rings is 2. The maximum atomic E-state index is 3.81. The Balaban J connectivity index is 1.85. The first kappa shape index (κ1) is 14.2. The molecule has 0 saturated heterocycles. The lowest BCUT2D eigenvalue weighted by atomic mass is 9.81. The molecule has 1 unspecified atom stereocenters. The average Bonchev–Trinajstić information content (AvgIpc) is 2.54. The minimum absolute atomic E-state index is 0.438. The van der Waals surface area contributed by atoms with Gasteiger partial charge in [0.15, 0.2) is 0 Å². The fourth-order valence-electron chi connectivity index (χ4n) is 3.52. The highest BCUT2D eigenvalue weighted by Gasteiger charge is 2.24. The Morgan fingerprint density at radius 2 is 1.67 bits per heavy atom. The lowest BCUT2D eigenvalue weighted by Gasteiger charge is -2.32. The maximum absolute atomic E-state index is 3.81. The lowest BCUT2D eigenvalue weighted by Crippen LogP contribution is -2.23. The molecule has 0 aromatic heterocycles. The van der Waals surface area contributed by atoms with Crippen LogP contribution in [-0.2, 0) is 0 Å². The lowest BCUT2D eigenvalue weighted by molar-refractivity contribution is 0.321. The Kier molecular flexibility index (Phi) is 4.59. The fraction of sp³-hybridized carbons (Fsp3) is 0.400. The smallest absolute Gasteiger partial charge is 0.0542 e. The molecule has 1 aliphatic carbocycles. The zero-order chi connectivity index (χ0) is 14.5. The minimum atomic E-state index is 0.438. The van der Waals surface area contributed by atoms with Gasteiger partial charge in [0.2, 0.25) is 0 Å². The molecular weight excluding hydrogens is 254 g/mol. The summed E-state index contributed by atoms with van der Waals surface area (Å²) in [5.74, 6) is 0.752. The van der Waals surface area contributed by atoms with Crippen molar-refractivity contribution in [2.75, 3.05) is 5.32 Å². The van der Waals surface area contributed by atoms with Gasteiger partial charge in [0.05, 0.1) is 6.04 Å². The van der Waals surface area contributed by atoms with Gasteiger partial charge < -0.3 is 5.32 Å². The van der Waals surface area contributed by atoms with Gasteiger partial charge in [-0.2, -0.15) is 0 Å². The van der Waals surface area contributed by atoms with E-state index in [-0.39, 0.29) is 0 Å². The Hall–Kier alpha value is -1.76. The largest absolute Gasteiger partial charge is 0.378 e. The van der Waals surface area contributed by atoms with Gasteiger partial charge in [0, 0.05) is 5.69 Å². The highest BCUT2D eigenvalue weighted by atomic mass is 14.9. The highest BCUT2D eigenvalue weighted by Crippen LogP contribution is 2.36. The topological polar surface area (TPSA) is 12.0 Å². The van der Waals surface area contributed by atoms with E-state index >= 15 is 0 Å². The summed E-state index contributed by atoms with van der Waals surface area (Å²) in [4.78, 5) is 0. The van der Waals surface area contributed by atoms with E-state index in [9.17, 15) is 0 Å². The van der Waals surface area contributed by atoms with E-state index in [1.54, 1.807) is 0 Å². The molecule has 2 aromatic carbocycles. The highest BCUT2D eigenvalue weighted by molar-refractivity contribution is 5.47. The summed E-state index contributed by atoms with van der Waals surface area (Å²) in [6, 6.07) is 20.1. The summed E-state index contributed by atoms with van der Waals surface area (Å²) < 4.78 is 0. The summed E-state index contributed by atoms with van der Waals surface area (Å²) in [6.45, 7) is 2.16. The molecule has 110 valence electrons. The second kappa shape index (κ2) is 6.80. The van der Waals surface area contributed by atoms with Gasteiger partial charge in [-0.25, -0.2) is 0 Å². The molecule has 1 atom stereocenters. The number of rotatable bonds is 4. The monoisotopic (exact) mass is 279 g/mol. The third-order valence-electron chi connectivity index (χ3n) is 4.62. The van der Waals surface area contributed by atoms with Crippen molar-refractivity contribution < 1.29 is 0 Å². The molecule has 21 heavy (non-hydrogen) atoms. The molecule has 1 aliphatic rings. The van der Waals surface area contributed by atoms with Crippen molar-refractivity contribution in [1.29, 1.82) is 0 Å². The SMILES string of the molecule is Cc1cccc(NC(c2ccccc2)C2CCCCC2)c1. The first-order valence-corrected chi connectivity index (χ1v) is 8.21. The Morgan fingerprint density at radius 1 is 0.905 bits per heavy atom. The van der Waals surface area contributed by atoms with Crippen LogP contribution in [0.25, 0.3) is 0 Å². The third-order valence-corrected chi connectivity index (χ3v) is 4.62. The van der Waals surface area contributed by atoms with Crippen LogP contribution >= 0.6 is 0 Å². The van der Waals surface area contributed by atoms with Crippen molar-refractivity contribution in [3.05, 3.63) is 65.7 Å². The molecule has 1 fully saturated rings. The first-order valence-electron chi connectivity index (χ1n) is 8.21. The van der Waals surface area contributed by atoms with Crippen LogP contribution in [-0.4, -0.2) is 0 Å². The van der Waals surface area contributed by atoms with Crippen LogP contribution < -0.4 is 5.32 Å². The van der Waals surface area contributed by atoms with Crippen molar-refractivity contribution in [2.24, 2.45) is 5.92 Å². The molecule has 0 amide bonds. The summed E-state index contributed by atoms with van der Waals surface area (Å²) in [7, 11) is 0. The van der Waals surface area contributed by atoms with Gasteiger partial charge in [-0.1, -0.05) is 61.7 Å². The van der Waals surface area contributed by atoms with Crippen molar-refractivity contribution in [1.82, 2.24) is 0 Å². The second-order valence-electron chi connectivity index (χ2n) is 6.30. The molecule has 3 rings (SSSR count). The molecule has 0 aliphatic heterocycles. The van der Waals surface area contributed by atoms with Crippen molar-refractivity contribution in [3.63, 3.8) is 0 Å². The molecule has 0 spiro atoms. The van der Waals surface area contributed by atoms with E-state index in [4.69, 9.17) is 0 Å². The Labute approximate surface area is 128 Å². The molecule has 0 heterocycles. The number of nitrogens with one attached hydrogen (secondary N) is 1. The molecule has 0 bridgehead atoms. The molecule has 0 radical (unpaired) electrons. The maximum Gasteiger partial charge on any atom is 0.0542 e. The van der Waals surface area contributed by atoms with E-state index in [0.29, 0.717) is 6.04 Å². The first-order chi connectivity index (χ1) is 10.3. The van der Waals surface area contributed by atoms with Crippen LogP contribution in [0.1, 0.15) is 49.3 Å². The van der Waals surface area contributed by atoms with Crippen LogP contribution in [0, 0.1) is 12.8 Å². The van der Waals surface area contributed by atoms with E-state index < -0.39 is 0 Å². The number of aryl methyl sites for hydroxylation is 1. The van der Waals surface area contributed by atoms with Gasteiger partial charge in [-0.3, -0.25) is 0 Å². The number of anilines is 1. The zero-order valence-corrected chi connectivity index (χ0v) is 12.9. The quantitative estimate of drug-likeness (QED) is 0.753. The van der Waals surface area contributed by atoms with E-state index in [1.165, 1.54) is 48.9 Å². The normalized spacial score (nSPS) is 17.4. The van der Waals surface area contributed by atoms with Crippen LogP contribution in [0.3, 0.4) is 0 Å². The molecule has 1 saturated carbocycles. The van der Waals surface area contributed by atoms with Gasteiger partial charge in [0.1, 0.15) is 0 Å². The zero-order valence-electron chi connectivity index (χ0n) is 12.9. The van der Waals surface area contributed by atoms with Crippen LogP contribution in [0.5, 0.6) is 0 Å². The molecule has 1 N–H and O–H groups in total. The van der Waals surface area contributed by atoms with E-state index in [2.05, 4.69) is 66.8 Å². The number of hydrogen-bond acceptors (Lipinski definition) is 1. The van der Waals surface area contributed by atoms with Crippen LogP contribution in [0.4, 0.5) is 5.69 Å². The third kappa shape index (κ3) is 3.66. The van der Waals surface area contributed by atoms with Gasteiger partial charge in [0.25, 0.3) is 0 Å². The molecular formula is C20H25N. The predicted molar refractivity (Wildman–Crippen MR) is 90.6 cm³/mol. The fourth-order valence-corrected chi connectivity index (χ4v) is 3.52. The Morgan fingerprint density at radius 3 is 2.38 bits per heavy atom. The van der Waals surface area contributed by atoms with Crippen molar-refractivity contribution in [3.8, 4) is 0 Å². The van der Waals surface area contributed by atoms with E-state index in [1.807, 2.05) is 0 Å².